The van der Waals surface area contributed by atoms with Crippen LogP contribution in [-0.2, 0) is 0 Å². The van der Waals surface area contributed by atoms with Crippen LogP contribution in [-0.4, -0.2) is 5.16 Å². The average Bonchev–Trinajstić information content (AvgIpc) is 2.62. The third-order valence-electron chi connectivity index (χ3n) is 2.42. The Labute approximate surface area is 96.4 Å². The molecule has 0 unspecified atom stereocenters. The zero-order chi connectivity index (χ0) is 11.0. The molecule has 1 aromatic heterocycles. The molecule has 0 aliphatic rings. The minimum atomic E-state index is 0.564. The van der Waals surface area contributed by atoms with Crippen molar-refractivity contribution < 1.29 is 4.52 Å². The first-order chi connectivity index (χ1) is 7.11. The van der Waals surface area contributed by atoms with Crippen LogP contribution in [0.5, 0.6) is 0 Å². The van der Waals surface area contributed by atoms with E-state index in [0.717, 1.165) is 15.6 Å². The summed E-state index contributed by atoms with van der Waals surface area (Å²) < 4.78 is 6.21. The lowest BCUT2D eigenvalue weighted by Gasteiger charge is -2.07. The van der Waals surface area contributed by atoms with Crippen LogP contribution in [0.1, 0.15) is 11.1 Å². The van der Waals surface area contributed by atoms with E-state index in [-0.39, 0.29) is 0 Å². The van der Waals surface area contributed by atoms with Crippen LogP contribution in [0.4, 0.5) is 5.69 Å². The third-order valence-corrected chi connectivity index (χ3v) is 3.64. The van der Waals surface area contributed by atoms with Crippen molar-refractivity contribution in [2.75, 3.05) is 5.73 Å². The summed E-state index contributed by atoms with van der Waals surface area (Å²) in [5, 5.41) is 3.68. The number of benzene rings is 1. The fourth-order valence-electron chi connectivity index (χ4n) is 1.52. The van der Waals surface area contributed by atoms with Crippen LogP contribution in [0.3, 0.4) is 0 Å². The minimum absolute atomic E-state index is 0.564. The van der Waals surface area contributed by atoms with Crippen molar-refractivity contribution in [2.45, 2.75) is 13.8 Å². The molecule has 2 aromatic rings. The highest BCUT2D eigenvalue weighted by Gasteiger charge is 2.13. The van der Waals surface area contributed by atoms with Gasteiger partial charge in [0.15, 0.2) is 5.76 Å². The van der Waals surface area contributed by atoms with Crippen LogP contribution in [0, 0.1) is 13.8 Å². The third kappa shape index (κ3) is 1.65. The summed E-state index contributed by atoms with van der Waals surface area (Å²) in [5.41, 5.74) is 9.60. The smallest absolute Gasteiger partial charge is 0.190 e. The van der Waals surface area contributed by atoms with Gasteiger partial charge in [-0.3, -0.25) is 0 Å². The Morgan fingerprint density at radius 2 is 2.07 bits per heavy atom. The normalized spacial score (nSPS) is 10.6. The molecular formula is C11H11BrN2O. The van der Waals surface area contributed by atoms with Gasteiger partial charge in [-0.15, -0.1) is 0 Å². The molecule has 0 spiro atoms. The number of nitrogens with two attached hydrogens (primary N) is 1. The molecule has 0 atom stereocenters. The summed E-state index contributed by atoms with van der Waals surface area (Å²) in [6.07, 6.45) is 1.52. The monoisotopic (exact) mass is 266 g/mol. The van der Waals surface area contributed by atoms with Crippen molar-refractivity contribution in [1.29, 1.82) is 0 Å². The predicted octanol–water partition coefficient (Wildman–Crippen LogP) is 3.30. The molecular weight excluding hydrogens is 256 g/mol. The Bertz CT molecular complexity index is 505. The van der Waals surface area contributed by atoms with Gasteiger partial charge in [0.25, 0.3) is 0 Å². The SMILES string of the molecule is Cc1ccc(-c2oncc2N)c(C)c1Br. The number of nitrogens with zero attached hydrogens (tertiary/aromatic N) is 1. The number of aromatic nitrogens is 1. The van der Waals surface area contributed by atoms with Gasteiger partial charge >= 0.3 is 0 Å². The number of anilines is 1. The predicted molar refractivity (Wildman–Crippen MR) is 63.5 cm³/mol. The maximum atomic E-state index is 5.76. The van der Waals surface area contributed by atoms with E-state index in [1.54, 1.807) is 0 Å². The minimum Gasteiger partial charge on any atom is -0.394 e. The maximum absolute atomic E-state index is 5.76. The fraction of sp³-hybridized carbons (Fsp3) is 0.182. The second-order valence-corrected chi connectivity index (χ2v) is 4.27. The molecule has 2 rings (SSSR count). The van der Waals surface area contributed by atoms with Gasteiger partial charge in [-0.1, -0.05) is 33.2 Å². The van der Waals surface area contributed by atoms with Crippen molar-refractivity contribution in [3.05, 3.63) is 33.9 Å². The zero-order valence-corrected chi connectivity index (χ0v) is 10.1. The van der Waals surface area contributed by atoms with Crippen LogP contribution >= 0.6 is 15.9 Å². The number of nitrogen functional groups attached to an aromatic ring is 1. The van der Waals surface area contributed by atoms with Gasteiger partial charge in [-0.05, 0) is 25.0 Å². The van der Waals surface area contributed by atoms with Crippen molar-refractivity contribution in [1.82, 2.24) is 5.16 Å². The summed E-state index contributed by atoms with van der Waals surface area (Å²) >= 11 is 3.54. The molecule has 78 valence electrons. The quantitative estimate of drug-likeness (QED) is 0.862. The van der Waals surface area contributed by atoms with E-state index in [9.17, 15) is 0 Å². The molecule has 2 N–H and O–H groups in total. The van der Waals surface area contributed by atoms with Gasteiger partial charge in [0.2, 0.25) is 0 Å². The molecule has 0 fully saturated rings. The highest BCUT2D eigenvalue weighted by atomic mass is 79.9. The molecule has 0 aliphatic carbocycles. The van der Waals surface area contributed by atoms with Gasteiger partial charge in [0, 0.05) is 10.0 Å². The zero-order valence-electron chi connectivity index (χ0n) is 8.54. The number of hydrogen-bond acceptors (Lipinski definition) is 3. The molecule has 4 heteroatoms. The van der Waals surface area contributed by atoms with Crippen molar-refractivity contribution >= 4 is 21.6 Å². The molecule has 0 radical (unpaired) electrons. The molecule has 0 amide bonds. The molecule has 15 heavy (non-hydrogen) atoms. The first-order valence-electron chi connectivity index (χ1n) is 4.57. The Balaban J connectivity index is 2.65. The largest absolute Gasteiger partial charge is 0.394 e. The Morgan fingerprint density at radius 1 is 1.33 bits per heavy atom. The number of halogens is 1. The van der Waals surface area contributed by atoms with E-state index >= 15 is 0 Å². The molecule has 0 saturated carbocycles. The summed E-state index contributed by atoms with van der Waals surface area (Å²) in [6.45, 7) is 4.07. The number of aryl methyl sites for hydroxylation is 1. The van der Waals surface area contributed by atoms with E-state index in [4.69, 9.17) is 10.3 Å². The van der Waals surface area contributed by atoms with Gasteiger partial charge in [0.05, 0.1) is 6.20 Å². The first kappa shape index (κ1) is 10.2. The van der Waals surface area contributed by atoms with Crippen LogP contribution in [0.15, 0.2) is 27.3 Å². The molecule has 0 aliphatic heterocycles. The van der Waals surface area contributed by atoms with Crippen molar-refractivity contribution in [3.8, 4) is 11.3 Å². The second-order valence-electron chi connectivity index (χ2n) is 3.48. The highest BCUT2D eigenvalue weighted by molar-refractivity contribution is 9.10. The van der Waals surface area contributed by atoms with Crippen LogP contribution in [0.25, 0.3) is 11.3 Å². The summed E-state index contributed by atoms with van der Waals surface area (Å²) in [6, 6.07) is 4.01. The fourth-order valence-corrected chi connectivity index (χ4v) is 1.86. The van der Waals surface area contributed by atoms with Gasteiger partial charge in [-0.25, -0.2) is 0 Å². The van der Waals surface area contributed by atoms with Gasteiger partial charge in [0.1, 0.15) is 5.69 Å². The number of hydrogen-bond donors (Lipinski definition) is 1. The lowest BCUT2D eigenvalue weighted by molar-refractivity contribution is 0.432. The molecule has 1 aromatic carbocycles. The average molecular weight is 267 g/mol. The number of rotatable bonds is 1. The Kier molecular flexibility index (Phi) is 2.52. The standard InChI is InChI=1S/C11H11BrN2O/c1-6-3-4-8(7(2)10(6)12)11-9(13)5-14-15-11/h3-5H,13H2,1-2H3. The molecule has 0 saturated heterocycles. The summed E-state index contributed by atoms with van der Waals surface area (Å²) in [4.78, 5) is 0. The summed E-state index contributed by atoms with van der Waals surface area (Å²) in [5.74, 6) is 0.633. The van der Waals surface area contributed by atoms with E-state index < -0.39 is 0 Å². The second kappa shape index (κ2) is 3.70. The van der Waals surface area contributed by atoms with Gasteiger partial charge < -0.3 is 10.3 Å². The summed E-state index contributed by atoms with van der Waals surface area (Å²) in [7, 11) is 0. The molecule has 0 bridgehead atoms. The van der Waals surface area contributed by atoms with E-state index in [1.807, 2.05) is 26.0 Å². The van der Waals surface area contributed by atoms with E-state index in [1.165, 1.54) is 11.8 Å². The first-order valence-corrected chi connectivity index (χ1v) is 5.36. The highest BCUT2D eigenvalue weighted by Crippen LogP contribution is 2.33. The topological polar surface area (TPSA) is 52.0 Å². The van der Waals surface area contributed by atoms with Crippen LogP contribution < -0.4 is 5.73 Å². The van der Waals surface area contributed by atoms with Crippen molar-refractivity contribution in [3.63, 3.8) is 0 Å². The lowest BCUT2D eigenvalue weighted by atomic mass is 10.0. The van der Waals surface area contributed by atoms with Gasteiger partial charge in [-0.2, -0.15) is 0 Å². The van der Waals surface area contributed by atoms with E-state index in [2.05, 4.69) is 21.1 Å². The Morgan fingerprint density at radius 3 is 2.67 bits per heavy atom. The molecule has 3 nitrogen and oxygen atoms in total. The van der Waals surface area contributed by atoms with Crippen LogP contribution in [0.2, 0.25) is 0 Å². The van der Waals surface area contributed by atoms with E-state index in [0.29, 0.717) is 11.4 Å². The lowest BCUT2D eigenvalue weighted by Crippen LogP contribution is -1.90. The molecule has 1 heterocycles. The Hall–Kier alpha value is -1.29. The maximum Gasteiger partial charge on any atom is 0.190 e. The van der Waals surface area contributed by atoms with Crippen molar-refractivity contribution in [2.24, 2.45) is 0 Å².